The molecule has 136 valence electrons. The van der Waals surface area contributed by atoms with Crippen molar-refractivity contribution >= 4 is 11.8 Å². The molecule has 1 aromatic heterocycles. The van der Waals surface area contributed by atoms with E-state index in [4.69, 9.17) is 0 Å². The van der Waals surface area contributed by atoms with Gasteiger partial charge in [0.2, 0.25) is 5.91 Å². The lowest BCUT2D eigenvalue weighted by molar-refractivity contribution is -0.125. The van der Waals surface area contributed by atoms with Crippen LogP contribution in [0.4, 0.5) is 0 Å². The van der Waals surface area contributed by atoms with E-state index in [9.17, 15) is 14.4 Å². The van der Waals surface area contributed by atoms with Crippen molar-refractivity contribution in [2.45, 2.75) is 25.7 Å². The number of aromatic amines is 1. The van der Waals surface area contributed by atoms with E-state index in [1.165, 1.54) is 0 Å². The topological polar surface area (TPSA) is 85.5 Å². The van der Waals surface area contributed by atoms with Gasteiger partial charge >= 0.3 is 0 Å². The molecule has 7 heteroatoms. The molecule has 0 bridgehead atoms. The van der Waals surface area contributed by atoms with Crippen molar-refractivity contribution in [1.29, 1.82) is 0 Å². The SMILES string of the molecule is CNC(=O)[C@H]1CN(C)CCN(C(=O)c2cc3c([nH]c2=O)CCCC3)C1. The van der Waals surface area contributed by atoms with Crippen molar-refractivity contribution in [2.75, 3.05) is 40.3 Å². The molecule has 0 spiro atoms. The number of nitrogens with one attached hydrogen (secondary N) is 2. The summed E-state index contributed by atoms with van der Waals surface area (Å²) in [5, 5.41) is 2.66. The molecule has 25 heavy (non-hydrogen) atoms. The number of aryl methyl sites for hydroxylation is 2. The third kappa shape index (κ3) is 3.76. The Hall–Kier alpha value is -2.15. The highest BCUT2D eigenvalue weighted by Crippen LogP contribution is 2.19. The van der Waals surface area contributed by atoms with E-state index < -0.39 is 0 Å². The monoisotopic (exact) mass is 346 g/mol. The lowest BCUT2D eigenvalue weighted by atomic mass is 9.95. The van der Waals surface area contributed by atoms with Crippen molar-refractivity contribution in [1.82, 2.24) is 20.1 Å². The Balaban J connectivity index is 1.86. The summed E-state index contributed by atoms with van der Waals surface area (Å²) in [5.41, 5.74) is 1.91. The summed E-state index contributed by atoms with van der Waals surface area (Å²) in [7, 11) is 3.54. The van der Waals surface area contributed by atoms with Gasteiger partial charge in [-0.25, -0.2) is 0 Å². The third-order valence-corrected chi connectivity index (χ3v) is 5.20. The van der Waals surface area contributed by atoms with Crippen molar-refractivity contribution in [3.8, 4) is 0 Å². The highest BCUT2D eigenvalue weighted by Gasteiger charge is 2.30. The number of pyridine rings is 1. The Labute approximate surface area is 147 Å². The van der Waals surface area contributed by atoms with Crippen molar-refractivity contribution in [3.63, 3.8) is 0 Å². The lowest BCUT2D eigenvalue weighted by Crippen LogP contribution is -2.42. The summed E-state index contributed by atoms with van der Waals surface area (Å²) >= 11 is 0. The first-order valence-corrected chi connectivity index (χ1v) is 8.94. The van der Waals surface area contributed by atoms with Gasteiger partial charge in [-0.15, -0.1) is 0 Å². The summed E-state index contributed by atoms with van der Waals surface area (Å²) in [6.07, 6.45) is 3.92. The van der Waals surface area contributed by atoms with Crippen LogP contribution >= 0.6 is 0 Å². The quantitative estimate of drug-likeness (QED) is 0.790. The van der Waals surface area contributed by atoms with Gasteiger partial charge in [-0.3, -0.25) is 14.4 Å². The Morgan fingerprint density at radius 3 is 2.72 bits per heavy atom. The van der Waals surface area contributed by atoms with E-state index in [1.54, 1.807) is 18.0 Å². The standard InChI is InChI=1S/C18H26N4O3/c1-19-16(23)13-10-21(2)7-8-22(11-13)18(25)14-9-12-5-3-4-6-15(12)20-17(14)24/h9,13H,3-8,10-11H2,1-2H3,(H,19,23)(H,20,24)/t13-/m0/s1. The number of nitrogens with zero attached hydrogens (tertiary/aromatic N) is 2. The van der Waals surface area contributed by atoms with Crippen LogP contribution in [0.3, 0.4) is 0 Å². The summed E-state index contributed by atoms with van der Waals surface area (Å²) in [6, 6.07) is 1.76. The fraction of sp³-hybridized carbons (Fsp3) is 0.611. The molecule has 0 aromatic carbocycles. The number of likely N-dealkylation sites (N-methyl/N-ethyl adjacent to an activating group) is 1. The fourth-order valence-electron chi connectivity index (χ4n) is 3.73. The molecule has 0 radical (unpaired) electrons. The predicted octanol–water partition coefficient (Wildman–Crippen LogP) is 0.00350. The van der Waals surface area contributed by atoms with Crippen molar-refractivity contribution < 1.29 is 9.59 Å². The van der Waals surface area contributed by atoms with E-state index in [0.717, 1.165) is 36.9 Å². The molecule has 2 heterocycles. The second-order valence-corrected chi connectivity index (χ2v) is 7.05. The van der Waals surface area contributed by atoms with Crippen LogP contribution in [0.2, 0.25) is 0 Å². The Morgan fingerprint density at radius 1 is 1.20 bits per heavy atom. The molecule has 1 atom stereocenters. The summed E-state index contributed by atoms with van der Waals surface area (Å²) in [5.74, 6) is -0.650. The number of H-pyrrole nitrogens is 1. The van der Waals surface area contributed by atoms with Gasteiger partial charge in [-0.05, 0) is 44.4 Å². The van der Waals surface area contributed by atoms with Crippen LogP contribution in [0.15, 0.2) is 10.9 Å². The third-order valence-electron chi connectivity index (χ3n) is 5.20. The minimum atomic E-state index is -0.320. The highest BCUT2D eigenvalue weighted by molar-refractivity contribution is 5.94. The van der Waals surface area contributed by atoms with Gasteiger partial charge in [-0.1, -0.05) is 0 Å². The van der Waals surface area contributed by atoms with E-state index >= 15 is 0 Å². The van der Waals surface area contributed by atoms with Gasteiger partial charge in [-0.2, -0.15) is 0 Å². The minimum absolute atomic E-state index is 0.0779. The number of aromatic nitrogens is 1. The smallest absolute Gasteiger partial charge is 0.261 e. The van der Waals surface area contributed by atoms with Crippen molar-refractivity contribution in [3.05, 3.63) is 33.2 Å². The summed E-state index contributed by atoms with van der Waals surface area (Å²) in [6.45, 7) is 2.13. The van der Waals surface area contributed by atoms with E-state index in [-0.39, 0.29) is 28.9 Å². The zero-order valence-corrected chi connectivity index (χ0v) is 14.9. The number of amides is 2. The van der Waals surface area contributed by atoms with Crippen LogP contribution in [0.5, 0.6) is 0 Å². The Bertz CT molecular complexity index is 728. The largest absolute Gasteiger partial charge is 0.359 e. The maximum atomic E-state index is 13.0. The zero-order chi connectivity index (χ0) is 18.0. The molecule has 2 aliphatic rings. The first-order valence-electron chi connectivity index (χ1n) is 8.94. The first kappa shape index (κ1) is 17.7. The summed E-state index contributed by atoms with van der Waals surface area (Å²) < 4.78 is 0. The summed E-state index contributed by atoms with van der Waals surface area (Å²) in [4.78, 5) is 44.0. The minimum Gasteiger partial charge on any atom is -0.359 e. The molecule has 7 nitrogen and oxygen atoms in total. The molecule has 1 aliphatic carbocycles. The molecule has 1 saturated heterocycles. The van der Waals surface area contributed by atoms with Gasteiger partial charge in [0.1, 0.15) is 5.56 Å². The Kier molecular flexibility index (Phi) is 5.22. The second kappa shape index (κ2) is 7.39. The molecule has 1 aliphatic heterocycles. The molecular weight excluding hydrogens is 320 g/mol. The number of hydrogen-bond acceptors (Lipinski definition) is 4. The van der Waals surface area contributed by atoms with Gasteiger partial charge in [0.15, 0.2) is 0 Å². The molecule has 0 unspecified atom stereocenters. The highest BCUT2D eigenvalue weighted by atomic mass is 16.2. The second-order valence-electron chi connectivity index (χ2n) is 7.05. The van der Waals surface area contributed by atoms with Crippen LogP contribution in [-0.2, 0) is 17.6 Å². The number of rotatable bonds is 2. The van der Waals surface area contributed by atoms with Crippen LogP contribution in [0.25, 0.3) is 0 Å². The van der Waals surface area contributed by atoms with Gasteiger partial charge in [0.05, 0.1) is 5.92 Å². The molecule has 0 saturated carbocycles. The molecular formula is C18H26N4O3. The molecule has 1 aromatic rings. The first-order chi connectivity index (χ1) is 12.0. The normalized spacial score (nSPS) is 21.4. The van der Waals surface area contributed by atoms with Gasteiger partial charge < -0.3 is 20.1 Å². The predicted molar refractivity (Wildman–Crippen MR) is 94.7 cm³/mol. The average molecular weight is 346 g/mol. The van der Waals surface area contributed by atoms with E-state index in [2.05, 4.69) is 10.3 Å². The molecule has 2 amide bonds. The van der Waals surface area contributed by atoms with Crippen LogP contribution in [0, 0.1) is 5.92 Å². The van der Waals surface area contributed by atoms with E-state index in [1.807, 2.05) is 11.9 Å². The van der Waals surface area contributed by atoms with Gasteiger partial charge in [0, 0.05) is 38.9 Å². The van der Waals surface area contributed by atoms with Crippen molar-refractivity contribution in [2.24, 2.45) is 5.92 Å². The van der Waals surface area contributed by atoms with Gasteiger partial charge in [0.25, 0.3) is 11.5 Å². The number of fused-ring (bicyclic) bond motifs is 1. The number of hydrogen-bond donors (Lipinski definition) is 2. The maximum absolute atomic E-state index is 13.0. The van der Waals surface area contributed by atoms with Crippen LogP contribution < -0.4 is 10.9 Å². The molecule has 3 rings (SSSR count). The average Bonchev–Trinajstić information content (AvgIpc) is 2.81. The number of carbonyl (C=O) groups excluding carboxylic acids is 2. The maximum Gasteiger partial charge on any atom is 0.261 e. The zero-order valence-electron chi connectivity index (χ0n) is 14.9. The number of carbonyl (C=O) groups is 2. The lowest BCUT2D eigenvalue weighted by Gasteiger charge is -2.24. The molecule has 1 fully saturated rings. The fourth-order valence-corrected chi connectivity index (χ4v) is 3.73. The van der Waals surface area contributed by atoms with Crippen LogP contribution in [0.1, 0.15) is 34.5 Å². The van der Waals surface area contributed by atoms with E-state index in [0.29, 0.717) is 26.2 Å². The Morgan fingerprint density at radius 2 is 1.96 bits per heavy atom. The molecule has 2 N–H and O–H groups in total. The van der Waals surface area contributed by atoms with Crippen LogP contribution in [-0.4, -0.2) is 66.9 Å².